The maximum atomic E-state index is 14.4. The topological polar surface area (TPSA) is 49.7 Å². The molecular weight excluding hydrogens is 458 g/mol. The van der Waals surface area contributed by atoms with Crippen molar-refractivity contribution in [3.8, 4) is 0 Å². The molecule has 2 aromatic carbocycles. The lowest BCUT2D eigenvalue weighted by Gasteiger charge is -2.26. The number of anilines is 1. The molecule has 0 bridgehead atoms. The monoisotopic (exact) mass is 472 g/mol. The van der Waals surface area contributed by atoms with E-state index in [0.29, 0.717) is 26.6 Å². The summed E-state index contributed by atoms with van der Waals surface area (Å²) in [5, 5.41) is 0.521. The molecule has 0 N–H and O–H groups in total. The lowest BCUT2D eigenvalue weighted by atomic mass is 10.1. The molecule has 0 aromatic heterocycles. The number of nitrogens with zero attached hydrogens (tertiary/aromatic N) is 2. The fourth-order valence-corrected chi connectivity index (χ4v) is 6.62. The Morgan fingerprint density at radius 1 is 1.15 bits per heavy atom. The molecule has 2 atom stereocenters. The van der Waals surface area contributed by atoms with Crippen LogP contribution in [0, 0.1) is 11.6 Å². The van der Waals surface area contributed by atoms with Gasteiger partial charge in [0.15, 0.2) is 15.0 Å². The number of halogens is 3. The van der Waals surface area contributed by atoms with Crippen molar-refractivity contribution >= 4 is 48.4 Å². The Morgan fingerprint density at radius 3 is 2.67 bits per heavy atom. The van der Waals surface area contributed by atoms with E-state index in [2.05, 4.69) is 20.9 Å². The van der Waals surface area contributed by atoms with Crippen LogP contribution >= 0.6 is 27.7 Å². The summed E-state index contributed by atoms with van der Waals surface area (Å²) in [7, 11) is -3.21. The highest BCUT2D eigenvalue weighted by Crippen LogP contribution is 2.37. The van der Waals surface area contributed by atoms with Crippen molar-refractivity contribution in [2.24, 2.45) is 4.99 Å². The molecule has 2 heterocycles. The van der Waals surface area contributed by atoms with Crippen molar-refractivity contribution in [2.45, 2.75) is 17.8 Å². The van der Waals surface area contributed by atoms with Crippen LogP contribution in [0.1, 0.15) is 5.56 Å². The molecule has 4 nitrogen and oxygen atoms in total. The number of para-hydroxylation sites is 1. The maximum Gasteiger partial charge on any atom is 0.164 e. The van der Waals surface area contributed by atoms with Gasteiger partial charge in [-0.2, -0.15) is 0 Å². The number of benzene rings is 2. The van der Waals surface area contributed by atoms with Gasteiger partial charge in [0.2, 0.25) is 0 Å². The summed E-state index contributed by atoms with van der Waals surface area (Å²) >= 11 is 4.51. The molecule has 27 heavy (non-hydrogen) atoms. The number of hydrogen-bond donors (Lipinski definition) is 0. The summed E-state index contributed by atoms with van der Waals surface area (Å²) < 4.78 is 53.2. The predicted octanol–water partition coefficient (Wildman–Crippen LogP) is 4.00. The molecule has 2 aromatic rings. The Bertz CT molecular complexity index is 1030. The third-order valence-electron chi connectivity index (χ3n) is 4.59. The highest BCUT2D eigenvalue weighted by molar-refractivity contribution is 9.10. The zero-order chi connectivity index (χ0) is 19.2. The van der Waals surface area contributed by atoms with Crippen molar-refractivity contribution in [1.29, 1.82) is 0 Å². The van der Waals surface area contributed by atoms with E-state index < -0.39 is 27.7 Å². The van der Waals surface area contributed by atoms with Crippen molar-refractivity contribution < 1.29 is 17.2 Å². The van der Waals surface area contributed by atoms with Crippen LogP contribution in [-0.2, 0) is 15.6 Å². The SMILES string of the molecule is O=S1(=O)C[C@@H]2N=C(SCc3ccc(Br)cc3F)N(c3ccccc3F)[C@H]2C1. The smallest absolute Gasteiger partial charge is 0.164 e. The second-order valence-electron chi connectivity index (χ2n) is 6.47. The first kappa shape index (κ1) is 18.9. The summed E-state index contributed by atoms with van der Waals surface area (Å²) in [6.07, 6.45) is 0. The summed E-state index contributed by atoms with van der Waals surface area (Å²) in [6.45, 7) is 0. The van der Waals surface area contributed by atoms with Gasteiger partial charge < -0.3 is 4.90 Å². The zero-order valence-electron chi connectivity index (χ0n) is 14.0. The Kier molecular flexibility index (Phi) is 5.02. The summed E-state index contributed by atoms with van der Waals surface area (Å²) in [5.41, 5.74) is 0.800. The van der Waals surface area contributed by atoms with Crippen LogP contribution < -0.4 is 4.90 Å². The first-order valence-corrected chi connectivity index (χ1v) is 11.8. The zero-order valence-corrected chi connectivity index (χ0v) is 17.2. The molecule has 4 rings (SSSR count). The van der Waals surface area contributed by atoms with Crippen LogP contribution in [0.3, 0.4) is 0 Å². The van der Waals surface area contributed by atoms with Gasteiger partial charge in [-0.3, -0.25) is 4.99 Å². The standard InChI is InChI=1S/C18H15BrF2N2O2S2/c19-12-6-5-11(14(21)7-12)8-26-18-22-15-9-27(24,25)10-17(15)23(18)16-4-2-1-3-13(16)20/h1-7,15,17H,8-10H2/t15-,17-/m0/s1. The average molecular weight is 473 g/mol. The van der Waals surface area contributed by atoms with Gasteiger partial charge in [0.1, 0.15) is 11.6 Å². The van der Waals surface area contributed by atoms with Crippen LogP contribution in [0.2, 0.25) is 0 Å². The van der Waals surface area contributed by atoms with Gasteiger partial charge in [0.25, 0.3) is 0 Å². The normalized spacial score (nSPS) is 23.4. The molecule has 0 unspecified atom stereocenters. The Hall–Kier alpha value is -1.45. The maximum absolute atomic E-state index is 14.4. The molecule has 0 aliphatic carbocycles. The number of fused-ring (bicyclic) bond motifs is 1. The first-order valence-electron chi connectivity index (χ1n) is 8.23. The van der Waals surface area contributed by atoms with E-state index in [1.807, 2.05) is 0 Å². The third kappa shape index (κ3) is 3.77. The quantitative estimate of drug-likeness (QED) is 0.677. The number of rotatable bonds is 3. The minimum Gasteiger partial charge on any atom is -0.312 e. The fraction of sp³-hybridized carbons (Fsp3) is 0.278. The summed E-state index contributed by atoms with van der Waals surface area (Å²) in [6, 6.07) is 10.2. The van der Waals surface area contributed by atoms with E-state index in [9.17, 15) is 17.2 Å². The minimum atomic E-state index is -3.21. The predicted molar refractivity (Wildman–Crippen MR) is 108 cm³/mol. The van der Waals surface area contributed by atoms with Crippen molar-refractivity contribution in [3.63, 3.8) is 0 Å². The van der Waals surface area contributed by atoms with E-state index in [4.69, 9.17) is 0 Å². The van der Waals surface area contributed by atoms with Crippen LogP contribution in [0.25, 0.3) is 0 Å². The van der Waals surface area contributed by atoms with E-state index in [1.54, 1.807) is 35.2 Å². The van der Waals surface area contributed by atoms with Gasteiger partial charge in [-0.25, -0.2) is 17.2 Å². The van der Waals surface area contributed by atoms with Gasteiger partial charge >= 0.3 is 0 Å². The van der Waals surface area contributed by atoms with Gasteiger partial charge in [-0.15, -0.1) is 0 Å². The van der Waals surface area contributed by atoms with Crippen LogP contribution in [-0.4, -0.2) is 37.2 Å². The number of amidine groups is 1. The largest absolute Gasteiger partial charge is 0.312 e. The summed E-state index contributed by atoms with van der Waals surface area (Å²) in [5.74, 6) is -0.568. The molecule has 2 aliphatic heterocycles. The van der Waals surface area contributed by atoms with Crippen molar-refractivity contribution in [1.82, 2.24) is 0 Å². The molecule has 9 heteroatoms. The van der Waals surface area contributed by atoms with E-state index in [1.165, 1.54) is 23.9 Å². The molecular formula is C18H15BrF2N2O2S2. The highest BCUT2D eigenvalue weighted by atomic mass is 79.9. The first-order chi connectivity index (χ1) is 12.8. The van der Waals surface area contributed by atoms with Gasteiger partial charge in [-0.05, 0) is 29.8 Å². The van der Waals surface area contributed by atoms with E-state index in [0.717, 1.165) is 0 Å². The van der Waals surface area contributed by atoms with Crippen LogP contribution in [0.5, 0.6) is 0 Å². The molecule has 0 amide bonds. The molecule has 0 saturated carbocycles. The number of aliphatic imine (C=N–C) groups is 1. The number of thioether (sulfide) groups is 1. The lowest BCUT2D eigenvalue weighted by molar-refractivity contribution is 0.600. The molecule has 2 aliphatic rings. The Morgan fingerprint density at radius 2 is 1.93 bits per heavy atom. The second-order valence-corrected chi connectivity index (χ2v) is 10.5. The Labute approximate surface area is 168 Å². The van der Waals surface area contributed by atoms with Crippen molar-refractivity contribution in [3.05, 3.63) is 64.1 Å². The van der Waals surface area contributed by atoms with Crippen LogP contribution in [0.15, 0.2) is 51.9 Å². The third-order valence-corrected chi connectivity index (χ3v) is 7.80. The molecule has 1 fully saturated rings. The fourth-order valence-electron chi connectivity index (χ4n) is 3.34. The number of hydrogen-bond acceptors (Lipinski definition) is 5. The van der Waals surface area contributed by atoms with Gasteiger partial charge in [-0.1, -0.05) is 45.9 Å². The lowest BCUT2D eigenvalue weighted by Crippen LogP contribution is -2.39. The number of sulfone groups is 1. The minimum absolute atomic E-state index is 0.0423. The van der Waals surface area contributed by atoms with E-state index in [-0.39, 0.29) is 17.3 Å². The highest BCUT2D eigenvalue weighted by Gasteiger charge is 2.47. The van der Waals surface area contributed by atoms with Gasteiger partial charge in [0.05, 0.1) is 29.3 Å². The average Bonchev–Trinajstić information content (AvgIpc) is 3.06. The molecule has 1 saturated heterocycles. The Balaban J connectivity index is 1.64. The van der Waals surface area contributed by atoms with E-state index >= 15 is 0 Å². The molecule has 0 spiro atoms. The van der Waals surface area contributed by atoms with Gasteiger partial charge in [0, 0.05) is 10.2 Å². The summed E-state index contributed by atoms with van der Waals surface area (Å²) in [4.78, 5) is 6.19. The molecule has 142 valence electrons. The van der Waals surface area contributed by atoms with Crippen LogP contribution in [0.4, 0.5) is 14.5 Å². The molecule has 0 radical (unpaired) electrons. The second kappa shape index (κ2) is 7.18. The van der Waals surface area contributed by atoms with Crippen molar-refractivity contribution in [2.75, 3.05) is 16.4 Å².